The van der Waals surface area contributed by atoms with Crippen molar-refractivity contribution in [2.24, 2.45) is 0 Å². The minimum absolute atomic E-state index is 0.778. The van der Waals surface area contributed by atoms with Crippen molar-refractivity contribution in [2.45, 2.75) is 37.8 Å². The Morgan fingerprint density at radius 2 is 1.44 bits per heavy atom. The maximum atomic E-state index is 11.4. The van der Waals surface area contributed by atoms with Gasteiger partial charge in [0.25, 0.3) is 0 Å². The molecule has 0 bridgehead atoms. The lowest BCUT2D eigenvalue weighted by molar-refractivity contribution is -0.697. The Bertz CT molecular complexity index is 730. The van der Waals surface area contributed by atoms with Gasteiger partial charge in [-0.25, -0.2) is 21.4 Å². The molecule has 0 spiro atoms. The number of sulfonamides is 2. The topological polar surface area (TPSA) is 86.3 Å². The van der Waals surface area contributed by atoms with Gasteiger partial charge < -0.3 is 4.13 Å². The zero-order valence-corrected chi connectivity index (χ0v) is 14.5. The standard InChI is InChI=1S/C9H14N.C2F6NO4S2/c1-3-6-10-7-4-5-9(2)8-10;3-1(4,5)14(10,11)9-15(12,13)2(6,7)8/h4-5,7-8H,3,6H2,1-2H3;/q+1;-1. The summed E-state index contributed by atoms with van der Waals surface area (Å²) in [6, 6.07) is 4.21. The highest BCUT2D eigenvalue weighted by molar-refractivity contribution is 8.13. The number of hydrogen-bond donors (Lipinski definition) is 0. The Balaban J connectivity index is 0.000000496. The minimum atomic E-state index is -6.72. The first-order valence-corrected chi connectivity index (χ1v) is 9.24. The number of hydrogen-bond acceptors (Lipinski definition) is 4. The van der Waals surface area contributed by atoms with E-state index in [0.717, 1.165) is 10.7 Å². The molecule has 25 heavy (non-hydrogen) atoms. The highest BCUT2D eigenvalue weighted by Gasteiger charge is 2.46. The molecule has 1 heterocycles. The summed E-state index contributed by atoms with van der Waals surface area (Å²) < 4.78 is 111. The molecule has 0 aliphatic heterocycles. The van der Waals surface area contributed by atoms with Gasteiger partial charge in [0.05, 0.1) is 0 Å². The van der Waals surface area contributed by atoms with E-state index in [-0.39, 0.29) is 0 Å². The number of aryl methyl sites for hydroxylation is 2. The number of nitrogens with zero attached hydrogens (tertiary/aromatic N) is 2. The van der Waals surface area contributed by atoms with Crippen LogP contribution in [-0.2, 0) is 26.6 Å². The third kappa shape index (κ3) is 7.56. The van der Waals surface area contributed by atoms with Crippen molar-refractivity contribution >= 4 is 20.0 Å². The Labute approximate surface area is 140 Å². The molecule has 0 aromatic carbocycles. The van der Waals surface area contributed by atoms with Crippen molar-refractivity contribution in [3.63, 3.8) is 0 Å². The number of rotatable bonds is 4. The summed E-state index contributed by atoms with van der Waals surface area (Å²) in [5, 5.41) is 0. The van der Waals surface area contributed by atoms with Gasteiger partial charge in [-0.15, -0.1) is 0 Å². The monoisotopic (exact) mass is 416 g/mol. The molecule has 1 aromatic heterocycles. The van der Waals surface area contributed by atoms with Crippen LogP contribution in [0.2, 0.25) is 0 Å². The molecule has 0 N–H and O–H groups in total. The van der Waals surface area contributed by atoms with Gasteiger partial charge in [0, 0.05) is 18.1 Å². The molecule has 1 aromatic rings. The third-order valence-electron chi connectivity index (χ3n) is 2.27. The van der Waals surface area contributed by atoms with Gasteiger partial charge in [0.15, 0.2) is 32.4 Å². The van der Waals surface area contributed by atoms with Gasteiger partial charge >= 0.3 is 11.0 Å². The number of alkyl halides is 6. The molecule has 0 atom stereocenters. The molecule has 0 amide bonds. The fourth-order valence-corrected chi connectivity index (χ4v) is 2.97. The van der Waals surface area contributed by atoms with E-state index in [4.69, 9.17) is 0 Å². The lowest BCUT2D eigenvalue weighted by atomic mass is 10.3. The lowest BCUT2D eigenvalue weighted by Crippen LogP contribution is -2.32. The second-order valence-electron chi connectivity index (χ2n) is 4.54. The fourth-order valence-electron chi connectivity index (χ4n) is 1.26. The van der Waals surface area contributed by atoms with Gasteiger partial charge in [-0.3, -0.25) is 0 Å². The van der Waals surface area contributed by atoms with Crippen molar-refractivity contribution < 1.29 is 47.7 Å². The first-order chi connectivity index (χ1) is 11.0. The zero-order chi connectivity index (χ0) is 20.1. The lowest BCUT2D eigenvalue weighted by Gasteiger charge is -2.22. The number of pyridine rings is 1. The van der Waals surface area contributed by atoms with Gasteiger partial charge in [0.2, 0.25) is 0 Å². The SMILES string of the molecule is CCC[n+]1cccc(C)c1.O=S(=O)([N-]S(=O)(=O)C(F)(F)F)C(F)(F)F. The molecule has 14 heteroatoms. The van der Waals surface area contributed by atoms with E-state index in [9.17, 15) is 43.2 Å². The average Bonchev–Trinajstić information content (AvgIpc) is 2.35. The summed E-state index contributed by atoms with van der Waals surface area (Å²) in [7, 11) is -13.4. The molecule has 0 fully saturated rings. The van der Waals surface area contributed by atoms with E-state index in [1.165, 1.54) is 12.0 Å². The van der Waals surface area contributed by atoms with Crippen LogP contribution in [0.3, 0.4) is 0 Å². The number of halogens is 6. The summed E-state index contributed by atoms with van der Waals surface area (Å²) in [6.45, 7) is 5.43. The van der Waals surface area contributed by atoms with Crippen molar-refractivity contribution in [1.29, 1.82) is 0 Å². The summed E-state index contributed by atoms with van der Waals surface area (Å²) in [6.07, 6.45) is 5.48. The summed E-state index contributed by atoms with van der Waals surface area (Å²) >= 11 is 0. The first-order valence-electron chi connectivity index (χ1n) is 6.36. The molecular formula is C11H14F6N2O4S2. The van der Waals surface area contributed by atoms with E-state index in [0.29, 0.717) is 0 Å². The van der Waals surface area contributed by atoms with Crippen LogP contribution in [0, 0.1) is 6.92 Å². The van der Waals surface area contributed by atoms with Crippen LogP contribution in [0.25, 0.3) is 4.13 Å². The molecular weight excluding hydrogens is 402 g/mol. The van der Waals surface area contributed by atoms with E-state index in [1.807, 2.05) is 0 Å². The van der Waals surface area contributed by atoms with Gasteiger partial charge in [0.1, 0.15) is 6.54 Å². The quantitative estimate of drug-likeness (QED) is 0.558. The van der Waals surface area contributed by atoms with E-state index >= 15 is 0 Å². The van der Waals surface area contributed by atoms with Crippen LogP contribution in [-0.4, -0.2) is 27.9 Å². The van der Waals surface area contributed by atoms with Crippen molar-refractivity contribution in [2.75, 3.05) is 0 Å². The largest absolute Gasteiger partial charge is 0.480 e. The maximum absolute atomic E-state index is 11.4. The van der Waals surface area contributed by atoms with Crippen LogP contribution in [0.5, 0.6) is 0 Å². The average molecular weight is 416 g/mol. The second kappa shape index (κ2) is 8.31. The highest BCUT2D eigenvalue weighted by Crippen LogP contribution is 2.36. The Morgan fingerprint density at radius 1 is 1.00 bits per heavy atom. The molecule has 0 aliphatic rings. The predicted molar refractivity (Wildman–Crippen MR) is 75.0 cm³/mol. The molecule has 0 radical (unpaired) electrons. The van der Waals surface area contributed by atoms with Crippen LogP contribution in [0.4, 0.5) is 26.3 Å². The summed E-state index contributed by atoms with van der Waals surface area (Å²) in [5.74, 6) is 0. The Hall–Kier alpha value is -1.41. The maximum Gasteiger partial charge on any atom is 0.480 e. The Morgan fingerprint density at radius 3 is 1.76 bits per heavy atom. The molecule has 0 unspecified atom stereocenters. The molecule has 0 saturated heterocycles. The second-order valence-corrected chi connectivity index (χ2v) is 7.96. The molecule has 0 aliphatic carbocycles. The molecule has 146 valence electrons. The van der Waals surface area contributed by atoms with Crippen molar-refractivity contribution in [3.8, 4) is 0 Å². The van der Waals surface area contributed by atoms with Gasteiger partial charge in [-0.2, -0.15) is 26.3 Å². The van der Waals surface area contributed by atoms with Gasteiger partial charge in [-0.1, -0.05) is 6.92 Å². The molecule has 1 rings (SSSR count). The van der Waals surface area contributed by atoms with Crippen LogP contribution in [0.15, 0.2) is 24.5 Å². The molecule has 6 nitrogen and oxygen atoms in total. The Kier molecular flexibility index (Phi) is 7.84. The van der Waals surface area contributed by atoms with Crippen LogP contribution in [0.1, 0.15) is 18.9 Å². The minimum Gasteiger partial charge on any atom is -0.421 e. The van der Waals surface area contributed by atoms with Crippen molar-refractivity contribution in [3.05, 3.63) is 34.2 Å². The van der Waals surface area contributed by atoms with Crippen LogP contribution >= 0.6 is 0 Å². The highest BCUT2D eigenvalue weighted by atomic mass is 32.3. The van der Waals surface area contributed by atoms with E-state index in [2.05, 4.69) is 42.9 Å². The molecule has 0 saturated carbocycles. The van der Waals surface area contributed by atoms with E-state index < -0.39 is 31.1 Å². The third-order valence-corrected chi connectivity index (χ3v) is 5.01. The smallest absolute Gasteiger partial charge is 0.421 e. The van der Waals surface area contributed by atoms with Gasteiger partial charge in [-0.05, 0) is 13.0 Å². The predicted octanol–water partition coefficient (Wildman–Crippen LogP) is 2.75. The fraction of sp³-hybridized carbons (Fsp3) is 0.545. The van der Waals surface area contributed by atoms with E-state index in [1.54, 1.807) is 0 Å². The first kappa shape index (κ1) is 23.6. The summed E-state index contributed by atoms with van der Waals surface area (Å²) in [4.78, 5) is 0. The van der Waals surface area contributed by atoms with Crippen molar-refractivity contribution in [1.82, 2.24) is 0 Å². The van der Waals surface area contributed by atoms with Crippen LogP contribution < -0.4 is 4.57 Å². The zero-order valence-electron chi connectivity index (χ0n) is 12.8. The summed E-state index contributed by atoms with van der Waals surface area (Å²) in [5.41, 5.74) is -11.1. The number of aromatic nitrogens is 1. The normalized spacial score (nSPS) is 13.1.